The van der Waals surface area contributed by atoms with Gasteiger partial charge in [0, 0.05) is 24.7 Å². The van der Waals surface area contributed by atoms with E-state index in [-0.39, 0.29) is 11.5 Å². The van der Waals surface area contributed by atoms with E-state index in [1.807, 2.05) is 19.1 Å². The van der Waals surface area contributed by atoms with Crippen LogP contribution in [0, 0.1) is 6.92 Å². The Bertz CT molecular complexity index is 1100. The third-order valence-electron chi connectivity index (χ3n) is 4.75. The fraction of sp³-hybridized carbons (Fsp3) is 0.217. The van der Waals surface area contributed by atoms with Crippen molar-refractivity contribution in [2.45, 2.75) is 6.92 Å². The van der Waals surface area contributed by atoms with Gasteiger partial charge in [-0.1, -0.05) is 24.3 Å². The predicted molar refractivity (Wildman–Crippen MR) is 121 cm³/mol. The van der Waals surface area contributed by atoms with Gasteiger partial charge in [-0.2, -0.15) is 5.10 Å². The Labute approximate surface area is 185 Å². The quantitative estimate of drug-likeness (QED) is 0.246. The number of aldehydes is 1. The molecule has 2 heterocycles. The van der Waals surface area contributed by atoms with Gasteiger partial charge >= 0.3 is 0 Å². The topological polar surface area (TPSA) is 134 Å². The number of hydrogen-bond donors (Lipinski definition) is 3. The highest BCUT2D eigenvalue weighted by Crippen LogP contribution is 2.22. The lowest BCUT2D eigenvalue weighted by Crippen LogP contribution is -2.37. The van der Waals surface area contributed by atoms with Crippen molar-refractivity contribution in [2.75, 3.05) is 31.2 Å². The number of para-hydroxylation sites is 2. The summed E-state index contributed by atoms with van der Waals surface area (Å²) in [6, 6.07) is 15.2. The second-order valence-electron chi connectivity index (χ2n) is 6.93. The van der Waals surface area contributed by atoms with Crippen molar-refractivity contribution >= 4 is 17.8 Å². The van der Waals surface area contributed by atoms with E-state index in [1.54, 1.807) is 36.4 Å². The van der Waals surface area contributed by atoms with E-state index in [9.17, 15) is 9.90 Å². The van der Waals surface area contributed by atoms with Gasteiger partial charge in [0.2, 0.25) is 0 Å². The van der Waals surface area contributed by atoms with E-state index in [0.717, 1.165) is 18.9 Å². The van der Waals surface area contributed by atoms with Gasteiger partial charge in [0.1, 0.15) is 28.9 Å². The van der Waals surface area contributed by atoms with Crippen LogP contribution in [0.1, 0.15) is 27.4 Å². The molecule has 0 bridgehead atoms. The minimum Gasteiger partial charge on any atom is -0.507 e. The summed E-state index contributed by atoms with van der Waals surface area (Å²) in [7, 11) is 0. The standard InChI is InChI=1S/C16H19N5O2.C7H6O2/c1-11-18-13(10-15(19-11)21-6-8-23-9-7-21)16(20-17)12-4-2-3-5-14(12)22;8-5-6-3-1-2-4-7(6)9/h2-5,10,22H,6-9,17H2,1H3;1-5,9H. The molecular weight excluding hydrogens is 410 g/mol. The predicted octanol–water partition coefficient (Wildman–Crippen LogP) is 2.24. The fourth-order valence-electron chi connectivity index (χ4n) is 3.16. The van der Waals surface area contributed by atoms with Crippen molar-refractivity contribution in [3.05, 3.63) is 77.2 Å². The zero-order valence-electron chi connectivity index (χ0n) is 17.7. The number of carbonyl (C=O) groups excluding carboxylic acids is 1. The van der Waals surface area contributed by atoms with Gasteiger partial charge < -0.3 is 25.7 Å². The van der Waals surface area contributed by atoms with E-state index in [4.69, 9.17) is 15.7 Å². The number of phenols is 2. The van der Waals surface area contributed by atoms with E-state index in [1.165, 1.54) is 6.07 Å². The zero-order chi connectivity index (χ0) is 22.9. The van der Waals surface area contributed by atoms with Gasteiger partial charge in [-0.3, -0.25) is 4.79 Å². The molecule has 1 aliphatic heterocycles. The summed E-state index contributed by atoms with van der Waals surface area (Å²) in [5.74, 6) is 7.15. The molecule has 0 unspecified atom stereocenters. The highest BCUT2D eigenvalue weighted by molar-refractivity contribution is 6.13. The second kappa shape index (κ2) is 10.9. The summed E-state index contributed by atoms with van der Waals surface area (Å²) in [6.07, 6.45) is 0.620. The largest absolute Gasteiger partial charge is 0.507 e. The van der Waals surface area contributed by atoms with Gasteiger partial charge in [-0.05, 0) is 31.2 Å². The number of nitrogens with two attached hydrogens (primary N) is 1. The SMILES string of the molecule is Cc1nc(C(=NN)c2ccccc2O)cc(N2CCOCC2)n1.O=Cc1ccccc1O. The maximum atomic E-state index is 10.1. The van der Waals surface area contributed by atoms with Crippen LogP contribution in [0.2, 0.25) is 0 Å². The minimum atomic E-state index is 0.0347. The number of hydrazone groups is 1. The van der Waals surface area contributed by atoms with Crippen LogP contribution in [0.15, 0.2) is 59.7 Å². The summed E-state index contributed by atoms with van der Waals surface area (Å²) < 4.78 is 5.37. The number of morpholine rings is 1. The number of phenolic OH excluding ortho intramolecular Hbond substituents is 2. The van der Waals surface area contributed by atoms with Crippen molar-refractivity contribution in [3.8, 4) is 11.5 Å². The Morgan fingerprint density at radius 2 is 1.72 bits per heavy atom. The summed E-state index contributed by atoms with van der Waals surface area (Å²) in [4.78, 5) is 21.1. The van der Waals surface area contributed by atoms with Crippen LogP contribution < -0.4 is 10.7 Å². The first kappa shape index (κ1) is 22.7. The van der Waals surface area contributed by atoms with Crippen LogP contribution in [0.5, 0.6) is 11.5 Å². The number of benzene rings is 2. The van der Waals surface area contributed by atoms with Gasteiger partial charge in [0.15, 0.2) is 6.29 Å². The normalized spacial score (nSPS) is 13.8. The Kier molecular flexibility index (Phi) is 7.71. The van der Waals surface area contributed by atoms with Crippen molar-refractivity contribution in [1.82, 2.24) is 9.97 Å². The molecule has 3 aromatic rings. The molecule has 1 aliphatic rings. The van der Waals surface area contributed by atoms with E-state index in [2.05, 4.69) is 20.0 Å². The van der Waals surface area contributed by atoms with Gasteiger partial charge in [0.05, 0.1) is 24.5 Å². The number of ether oxygens (including phenoxy) is 1. The van der Waals surface area contributed by atoms with E-state index >= 15 is 0 Å². The van der Waals surface area contributed by atoms with Gasteiger partial charge in [-0.15, -0.1) is 0 Å². The minimum absolute atomic E-state index is 0.0347. The first-order chi connectivity index (χ1) is 15.5. The lowest BCUT2D eigenvalue weighted by molar-refractivity contribution is 0.112. The van der Waals surface area contributed by atoms with Crippen molar-refractivity contribution in [3.63, 3.8) is 0 Å². The Morgan fingerprint density at radius 1 is 1.06 bits per heavy atom. The number of aromatic hydroxyl groups is 2. The maximum Gasteiger partial charge on any atom is 0.153 e. The second-order valence-corrected chi connectivity index (χ2v) is 6.93. The Hall–Kier alpha value is -3.98. The first-order valence-corrected chi connectivity index (χ1v) is 10.0. The molecule has 4 rings (SSSR count). The smallest absolute Gasteiger partial charge is 0.153 e. The molecule has 2 aromatic carbocycles. The summed E-state index contributed by atoms with van der Waals surface area (Å²) in [6.45, 7) is 4.74. The lowest BCUT2D eigenvalue weighted by atomic mass is 10.1. The van der Waals surface area contributed by atoms with E-state index in [0.29, 0.717) is 47.9 Å². The molecule has 0 amide bonds. The highest BCUT2D eigenvalue weighted by Gasteiger charge is 2.18. The average Bonchev–Trinajstić information content (AvgIpc) is 2.82. The van der Waals surface area contributed by atoms with Crippen LogP contribution in [-0.4, -0.2) is 58.5 Å². The molecule has 0 saturated carbocycles. The molecule has 9 heteroatoms. The molecule has 0 atom stereocenters. The van der Waals surface area contributed by atoms with Crippen LogP contribution in [0.25, 0.3) is 0 Å². The summed E-state index contributed by atoms with van der Waals surface area (Å²) in [5, 5.41) is 22.8. The molecule has 32 heavy (non-hydrogen) atoms. The molecule has 1 aromatic heterocycles. The molecule has 0 aliphatic carbocycles. The highest BCUT2D eigenvalue weighted by atomic mass is 16.5. The summed E-state index contributed by atoms with van der Waals surface area (Å²) >= 11 is 0. The number of anilines is 1. The third kappa shape index (κ3) is 5.58. The number of nitrogens with zero attached hydrogens (tertiary/aromatic N) is 4. The van der Waals surface area contributed by atoms with Crippen molar-refractivity contribution in [2.24, 2.45) is 10.9 Å². The Balaban J connectivity index is 0.000000269. The number of hydrogen-bond acceptors (Lipinski definition) is 9. The summed E-state index contributed by atoms with van der Waals surface area (Å²) in [5.41, 5.74) is 1.89. The Morgan fingerprint density at radius 3 is 2.31 bits per heavy atom. The van der Waals surface area contributed by atoms with Gasteiger partial charge in [0.25, 0.3) is 0 Å². The molecule has 9 nitrogen and oxygen atoms in total. The molecule has 1 fully saturated rings. The third-order valence-corrected chi connectivity index (χ3v) is 4.75. The van der Waals surface area contributed by atoms with Crippen LogP contribution in [0.4, 0.5) is 5.82 Å². The maximum absolute atomic E-state index is 10.1. The van der Waals surface area contributed by atoms with Crippen molar-refractivity contribution < 1.29 is 19.7 Å². The fourth-order valence-corrected chi connectivity index (χ4v) is 3.16. The van der Waals surface area contributed by atoms with Crippen LogP contribution in [0.3, 0.4) is 0 Å². The average molecular weight is 435 g/mol. The first-order valence-electron chi connectivity index (χ1n) is 10.0. The van der Waals surface area contributed by atoms with Crippen molar-refractivity contribution in [1.29, 1.82) is 0 Å². The lowest BCUT2D eigenvalue weighted by Gasteiger charge is -2.28. The zero-order valence-corrected chi connectivity index (χ0v) is 17.7. The number of aryl methyl sites for hydroxylation is 1. The van der Waals surface area contributed by atoms with E-state index < -0.39 is 0 Å². The number of aromatic nitrogens is 2. The number of rotatable bonds is 4. The number of carbonyl (C=O) groups is 1. The van der Waals surface area contributed by atoms with Crippen LogP contribution >= 0.6 is 0 Å². The molecule has 1 saturated heterocycles. The molecular formula is C23H25N5O4. The van der Waals surface area contributed by atoms with Crippen LogP contribution in [-0.2, 0) is 4.74 Å². The molecule has 0 radical (unpaired) electrons. The molecule has 166 valence electrons. The monoisotopic (exact) mass is 435 g/mol. The van der Waals surface area contributed by atoms with Gasteiger partial charge in [-0.25, -0.2) is 9.97 Å². The molecule has 4 N–H and O–H groups in total. The molecule has 0 spiro atoms.